The van der Waals surface area contributed by atoms with Crippen LogP contribution in [-0.2, 0) is 10.0 Å². The zero-order valence-electron chi connectivity index (χ0n) is 17.0. The van der Waals surface area contributed by atoms with E-state index in [2.05, 4.69) is 9.71 Å². The van der Waals surface area contributed by atoms with Gasteiger partial charge in [0, 0.05) is 30.7 Å². The van der Waals surface area contributed by atoms with Crippen LogP contribution in [0.25, 0.3) is 11.0 Å². The third-order valence-corrected chi connectivity index (χ3v) is 6.71. The fourth-order valence-electron chi connectivity index (χ4n) is 3.71. The van der Waals surface area contributed by atoms with Crippen molar-refractivity contribution in [2.75, 3.05) is 22.7 Å². The normalized spacial score (nSPS) is 17.2. The SMILES string of the molecule is O=C(NO)c1cc2ccc(S(=O)(=O)Nc3cccnc3N3CCCC(C(F)(F)F)C3)cc2o1. The van der Waals surface area contributed by atoms with Crippen molar-refractivity contribution < 1.29 is 36.0 Å². The summed E-state index contributed by atoms with van der Waals surface area (Å²) in [7, 11) is -4.17. The van der Waals surface area contributed by atoms with Crippen molar-refractivity contribution in [3.05, 3.63) is 48.4 Å². The van der Waals surface area contributed by atoms with Gasteiger partial charge in [-0.3, -0.25) is 14.7 Å². The largest absolute Gasteiger partial charge is 0.451 e. The van der Waals surface area contributed by atoms with Crippen LogP contribution in [0.3, 0.4) is 0 Å². The Morgan fingerprint density at radius 3 is 2.76 bits per heavy atom. The number of hydroxylamine groups is 1. The Morgan fingerprint density at radius 2 is 2.03 bits per heavy atom. The lowest BCUT2D eigenvalue weighted by atomic mass is 9.97. The summed E-state index contributed by atoms with van der Waals surface area (Å²) in [6, 6.07) is 8.13. The third-order valence-electron chi connectivity index (χ3n) is 5.34. The number of carbonyl (C=O) groups excluding carboxylic acids is 1. The quantitative estimate of drug-likeness (QED) is 0.374. The first kappa shape index (κ1) is 22.9. The minimum absolute atomic E-state index is 0.00729. The number of benzene rings is 1. The summed E-state index contributed by atoms with van der Waals surface area (Å²) in [6.45, 7) is -0.00430. The second-order valence-electron chi connectivity index (χ2n) is 7.56. The number of pyridine rings is 1. The van der Waals surface area contributed by atoms with Gasteiger partial charge in [0.25, 0.3) is 10.0 Å². The van der Waals surface area contributed by atoms with E-state index in [1.165, 1.54) is 53.0 Å². The molecule has 0 bridgehead atoms. The molecule has 0 spiro atoms. The molecule has 9 nitrogen and oxygen atoms in total. The van der Waals surface area contributed by atoms with Crippen molar-refractivity contribution in [2.45, 2.75) is 23.9 Å². The predicted molar refractivity (Wildman–Crippen MR) is 112 cm³/mol. The summed E-state index contributed by atoms with van der Waals surface area (Å²) >= 11 is 0. The monoisotopic (exact) mass is 484 g/mol. The minimum Gasteiger partial charge on any atom is -0.451 e. The van der Waals surface area contributed by atoms with Gasteiger partial charge in [-0.05, 0) is 43.2 Å². The van der Waals surface area contributed by atoms with Crippen molar-refractivity contribution in [3.63, 3.8) is 0 Å². The van der Waals surface area contributed by atoms with Crippen molar-refractivity contribution in [1.82, 2.24) is 10.5 Å². The number of sulfonamides is 1. The fraction of sp³-hybridized carbons (Fsp3) is 0.300. The maximum absolute atomic E-state index is 13.2. The number of aromatic nitrogens is 1. The number of halogens is 3. The van der Waals surface area contributed by atoms with Crippen LogP contribution in [0.4, 0.5) is 24.7 Å². The summed E-state index contributed by atoms with van der Waals surface area (Å²) in [5.41, 5.74) is 1.56. The number of amides is 1. The van der Waals surface area contributed by atoms with Gasteiger partial charge in [0.1, 0.15) is 5.58 Å². The van der Waals surface area contributed by atoms with Crippen LogP contribution < -0.4 is 15.1 Å². The van der Waals surface area contributed by atoms with Crippen molar-refractivity contribution in [1.29, 1.82) is 0 Å². The Balaban J connectivity index is 1.62. The molecule has 3 N–H and O–H groups in total. The Hall–Kier alpha value is -3.32. The summed E-state index contributed by atoms with van der Waals surface area (Å²) in [5.74, 6) is -2.53. The molecule has 1 amide bonds. The van der Waals surface area contributed by atoms with Crippen LogP contribution in [0.1, 0.15) is 23.4 Å². The van der Waals surface area contributed by atoms with Crippen molar-refractivity contribution in [3.8, 4) is 0 Å². The Labute approximate surface area is 186 Å². The second-order valence-corrected chi connectivity index (χ2v) is 9.24. The molecule has 3 heterocycles. The number of nitrogens with one attached hydrogen (secondary N) is 2. The van der Waals surface area contributed by atoms with Gasteiger partial charge >= 0.3 is 12.1 Å². The smallest absolute Gasteiger partial charge is 0.393 e. The first-order chi connectivity index (χ1) is 15.6. The zero-order chi connectivity index (χ0) is 23.8. The lowest BCUT2D eigenvalue weighted by molar-refractivity contribution is -0.176. The van der Waals surface area contributed by atoms with E-state index >= 15 is 0 Å². The number of nitrogens with zero attached hydrogens (tertiary/aromatic N) is 2. The Kier molecular flexibility index (Phi) is 5.93. The summed E-state index contributed by atoms with van der Waals surface area (Å²) in [6.07, 6.45) is -2.66. The van der Waals surface area contributed by atoms with Crippen molar-refractivity contribution in [2.24, 2.45) is 5.92 Å². The highest BCUT2D eigenvalue weighted by Crippen LogP contribution is 2.36. The molecule has 1 unspecified atom stereocenters. The van der Waals surface area contributed by atoms with Crippen LogP contribution in [0, 0.1) is 5.92 Å². The van der Waals surface area contributed by atoms with Crippen molar-refractivity contribution >= 4 is 38.4 Å². The summed E-state index contributed by atoms with van der Waals surface area (Å²) in [4.78, 5) is 16.9. The summed E-state index contributed by atoms with van der Waals surface area (Å²) < 4.78 is 73.3. The van der Waals surface area contributed by atoms with Gasteiger partial charge < -0.3 is 9.32 Å². The molecule has 4 rings (SSSR count). The number of carbonyl (C=O) groups is 1. The van der Waals surface area contributed by atoms with Crippen LogP contribution in [-0.4, -0.2) is 43.8 Å². The van der Waals surface area contributed by atoms with Gasteiger partial charge in [-0.1, -0.05) is 0 Å². The highest BCUT2D eigenvalue weighted by atomic mass is 32.2. The van der Waals surface area contributed by atoms with Crippen LogP contribution in [0.15, 0.2) is 51.9 Å². The molecule has 0 saturated carbocycles. The first-order valence-corrected chi connectivity index (χ1v) is 11.3. The molecular weight excluding hydrogens is 465 g/mol. The lowest BCUT2D eigenvalue weighted by Gasteiger charge is -2.35. The van der Waals surface area contributed by atoms with Crippen LogP contribution in [0.5, 0.6) is 0 Å². The molecule has 1 atom stereocenters. The highest BCUT2D eigenvalue weighted by Gasteiger charge is 2.42. The van der Waals surface area contributed by atoms with E-state index in [0.717, 1.165) is 0 Å². The van der Waals surface area contributed by atoms with E-state index in [1.54, 1.807) is 0 Å². The number of anilines is 2. The Morgan fingerprint density at radius 1 is 1.24 bits per heavy atom. The predicted octanol–water partition coefficient (Wildman–Crippen LogP) is 3.53. The number of piperidine rings is 1. The molecule has 3 aromatic rings. The van der Waals surface area contributed by atoms with E-state index in [4.69, 9.17) is 9.62 Å². The topological polar surface area (TPSA) is 125 Å². The van der Waals surface area contributed by atoms with Crippen LogP contribution in [0.2, 0.25) is 0 Å². The number of hydrogen-bond acceptors (Lipinski definition) is 7. The van der Waals surface area contributed by atoms with E-state index in [0.29, 0.717) is 18.4 Å². The number of alkyl halides is 3. The van der Waals surface area contributed by atoms with Gasteiger partial charge in [-0.2, -0.15) is 13.2 Å². The van der Waals surface area contributed by atoms with Gasteiger partial charge in [0.05, 0.1) is 16.5 Å². The maximum Gasteiger partial charge on any atom is 0.393 e. The van der Waals surface area contributed by atoms with Gasteiger partial charge in [-0.15, -0.1) is 0 Å². The molecule has 0 radical (unpaired) electrons. The molecule has 2 aromatic heterocycles. The first-order valence-electron chi connectivity index (χ1n) is 9.86. The molecular formula is C20H19F3N4O5S. The molecule has 1 aromatic carbocycles. The molecule has 1 aliphatic rings. The minimum atomic E-state index is -4.35. The van der Waals surface area contributed by atoms with E-state index in [9.17, 15) is 26.4 Å². The standard InChI is InChI=1S/C20H19F3N4O5S/c21-20(22,23)13-3-2-8-27(11-13)18-15(4-1-7-24-18)26-33(30,31)14-6-5-12-9-17(19(28)25-29)32-16(12)10-14/h1,4-7,9-10,13,26,29H,2-3,8,11H2,(H,25,28). The molecule has 13 heteroatoms. The van der Waals surface area contributed by atoms with Gasteiger partial charge in [0.15, 0.2) is 11.6 Å². The number of furan rings is 1. The number of hydrogen-bond donors (Lipinski definition) is 3. The number of rotatable bonds is 5. The van der Waals surface area contributed by atoms with E-state index < -0.39 is 28.0 Å². The average molecular weight is 484 g/mol. The van der Waals surface area contributed by atoms with E-state index in [-0.39, 0.29) is 40.7 Å². The molecule has 33 heavy (non-hydrogen) atoms. The number of fused-ring (bicyclic) bond motifs is 1. The average Bonchev–Trinajstić information content (AvgIpc) is 3.22. The third kappa shape index (κ3) is 4.73. The van der Waals surface area contributed by atoms with Gasteiger partial charge in [0.2, 0.25) is 0 Å². The molecule has 1 fully saturated rings. The molecule has 1 aliphatic heterocycles. The lowest BCUT2D eigenvalue weighted by Crippen LogP contribution is -2.42. The molecule has 0 aliphatic carbocycles. The molecule has 1 saturated heterocycles. The highest BCUT2D eigenvalue weighted by molar-refractivity contribution is 7.92. The maximum atomic E-state index is 13.2. The van der Waals surface area contributed by atoms with Crippen LogP contribution >= 0.6 is 0 Å². The Bertz CT molecular complexity index is 1290. The summed E-state index contributed by atoms with van der Waals surface area (Å²) in [5, 5.41) is 9.15. The second kappa shape index (κ2) is 8.56. The molecule has 176 valence electrons. The fourth-order valence-corrected chi connectivity index (χ4v) is 4.79. The zero-order valence-corrected chi connectivity index (χ0v) is 17.8. The van der Waals surface area contributed by atoms with Gasteiger partial charge in [-0.25, -0.2) is 18.9 Å². The van der Waals surface area contributed by atoms with E-state index in [1.807, 2.05) is 0 Å².